The summed E-state index contributed by atoms with van der Waals surface area (Å²) in [5, 5.41) is 4.15. The van der Waals surface area contributed by atoms with Crippen LogP contribution in [-0.2, 0) is 16.1 Å². The summed E-state index contributed by atoms with van der Waals surface area (Å²) >= 11 is 1.37. The lowest BCUT2D eigenvalue weighted by Gasteiger charge is -2.41. The number of thioether (sulfide) groups is 1. The predicted octanol–water partition coefficient (Wildman–Crippen LogP) is 3.72. The number of hydrogen-bond acceptors (Lipinski definition) is 6. The SMILES string of the molecule is COc1ccc(OC)c(NC(=O)CN2C(=O)N(Cc3ccc(C)c(C)c3)C(=O)C3SC=CC32)c1. The second-order valence-corrected chi connectivity index (χ2v) is 9.30. The number of aryl methyl sites for hydroxylation is 2. The number of benzene rings is 2. The van der Waals surface area contributed by atoms with Crippen LogP contribution in [0, 0.1) is 13.8 Å². The summed E-state index contributed by atoms with van der Waals surface area (Å²) in [4.78, 5) is 42.2. The Bertz CT molecular complexity index is 1170. The molecule has 1 saturated heterocycles. The monoisotopic (exact) mass is 481 g/mol. The quantitative estimate of drug-likeness (QED) is 0.649. The Labute approximate surface area is 202 Å². The Morgan fingerprint density at radius 3 is 2.56 bits per heavy atom. The van der Waals surface area contributed by atoms with Gasteiger partial charge in [0.1, 0.15) is 23.3 Å². The summed E-state index contributed by atoms with van der Waals surface area (Å²) in [5.74, 6) is 0.393. The molecule has 178 valence electrons. The molecule has 1 N–H and O–H groups in total. The maximum Gasteiger partial charge on any atom is 0.328 e. The number of carbonyl (C=O) groups is 3. The van der Waals surface area contributed by atoms with Gasteiger partial charge in [0.25, 0.3) is 0 Å². The summed E-state index contributed by atoms with van der Waals surface area (Å²) in [5.41, 5.74) is 3.53. The van der Waals surface area contributed by atoms with Crippen molar-refractivity contribution in [2.24, 2.45) is 0 Å². The van der Waals surface area contributed by atoms with Crippen LogP contribution in [0.25, 0.3) is 0 Å². The molecule has 0 aliphatic carbocycles. The van der Waals surface area contributed by atoms with Gasteiger partial charge in [-0.3, -0.25) is 14.5 Å². The normalized spacial score (nSPS) is 19.3. The Balaban J connectivity index is 1.55. The van der Waals surface area contributed by atoms with E-state index in [2.05, 4.69) is 5.32 Å². The van der Waals surface area contributed by atoms with Crippen LogP contribution in [0.4, 0.5) is 10.5 Å². The first-order valence-electron chi connectivity index (χ1n) is 10.8. The molecule has 0 aromatic heterocycles. The zero-order valence-electron chi connectivity index (χ0n) is 19.5. The lowest BCUT2D eigenvalue weighted by molar-refractivity contribution is -0.132. The lowest BCUT2D eigenvalue weighted by atomic mass is 10.0. The van der Waals surface area contributed by atoms with Crippen LogP contribution < -0.4 is 14.8 Å². The molecule has 2 unspecified atom stereocenters. The topological polar surface area (TPSA) is 88.2 Å². The molecule has 2 aliphatic rings. The Morgan fingerprint density at radius 2 is 1.85 bits per heavy atom. The molecule has 0 spiro atoms. The number of carbonyl (C=O) groups excluding carboxylic acids is 3. The summed E-state index contributed by atoms with van der Waals surface area (Å²) in [7, 11) is 3.04. The van der Waals surface area contributed by atoms with E-state index in [1.807, 2.05) is 37.5 Å². The molecule has 0 radical (unpaired) electrons. The average molecular weight is 482 g/mol. The predicted molar refractivity (Wildman–Crippen MR) is 131 cm³/mol. The Kier molecular flexibility index (Phi) is 6.83. The van der Waals surface area contributed by atoms with Crippen LogP contribution >= 0.6 is 11.8 Å². The van der Waals surface area contributed by atoms with E-state index in [1.165, 1.54) is 35.8 Å². The minimum absolute atomic E-state index is 0.157. The highest BCUT2D eigenvalue weighted by molar-refractivity contribution is 8.03. The molecule has 34 heavy (non-hydrogen) atoms. The van der Waals surface area contributed by atoms with E-state index in [0.29, 0.717) is 17.2 Å². The van der Waals surface area contributed by atoms with E-state index in [-0.39, 0.29) is 19.0 Å². The maximum absolute atomic E-state index is 13.4. The standard InChI is InChI=1S/C25H27N3O5S/c1-15-5-6-17(11-16(15)2)13-28-24(30)23-20(9-10-34-23)27(25(28)31)14-22(29)26-19-12-18(32-3)7-8-21(19)33-4/h5-12,20,23H,13-14H2,1-4H3,(H,26,29). The second-order valence-electron chi connectivity index (χ2n) is 8.24. The van der Waals surface area contributed by atoms with E-state index >= 15 is 0 Å². The zero-order chi connectivity index (χ0) is 24.4. The Hall–Kier alpha value is -3.46. The first-order valence-corrected chi connectivity index (χ1v) is 11.8. The van der Waals surface area contributed by atoms with Crippen LogP contribution in [0.1, 0.15) is 16.7 Å². The van der Waals surface area contributed by atoms with Gasteiger partial charge in [-0.2, -0.15) is 0 Å². The molecule has 2 aliphatic heterocycles. The third-order valence-corrected chi connectivity index (χ3v) is 7.15. The molecular formula is C25H27N3O5S. The minimum atomic E-state index is -0.482. The number of urea groups is 1. The highest BCUT2D eigenvalue weighted by Crippen LogP contribution is 2.35. The van der Waals surface area contributed by atoms with Crippen molar-refractivity contribution >= 4 is 35.3 Å². The van der Waals surface area contributed by atoms with Crippen molar-refractivity contribution in [2.45, 2.75) is 31.7 Å². The van der Waals surface area contributed by atoms with Crippen molar-refractivity contribution in [3.63, 3.8) is 0 Å². The lowest BCUT2D eigenvalue weighted by Crippen LogP contribution is -2.62. The third kappa shape index (κ3) is 4.61. The number of hydrogen-bond donors (Lipinski definition) is 1. The molecule has 2 aromatic rings. The zero-order valence-corrected chi connectivity index (χ0v) is 20.3. The molecular weight excluding hydrogens is 454 g/mol. The van der Waals surface area contributed by atoms with Crippen molar-refractivity contribution in [3.05, 3.63) is 64.6 Å². The number of nitrogens with one attached hydrogen (secondary N) is 1. The van der Waals surface area contributed by atoms with Gasteiger partial charge >= 0.3 is 6.03 Å². The van der Waals surface area contributed by atoms with Crippen LogP contribution in [0.15, 0.2) is 47.9 Å². The minimum Gasteiger partial charge on any atom is -0.497 e. The fraction of sp³-hybridized carbons (Fsp3) is 0.320. The molecule has 8 nitrogen and oxygen atoms in total. The Morgan fingerprint density at radius 1 is 1.06 bits per heavy atom. The second kappa shape index (κ2) is 9.80. The first kappa shape index (κ1) is 23.7. The van der Waals surface area contributed by atoms with E-state index in [4.69, 9.17) is 9.47 Å². The van der Waals surface area contributed by atoms with Crippen molar-refractivity contribution in [1.82, 2.24) is 9.80 Å². The van der Waals surface area contributed by atoms with Gasteiger partial charge in [-0.25, -0.2) is 4.79 Å². The third-order valence-electron chi connectivity index (χ3n) is 6.06. The summed E-state index contributed by atoms with van der Waals surface area (Å²) in [6, 6.07) is 9.99. The summed E-state index contributed by atoms with van der Waals surface area (Å²) in [6.07, 6.45) is 1.80. The van der Waals surface area contributed by atoms with E-state index in [0.717, 1.165) is 16.7 Å². The van der Waals surface area contributed by atoms with E-state index < -0.39 is 23.2 Å². The number of rotatable bonds is 7. The van der Waals surface area contributed by atoms with Gasteiger partial charge in [-0.15, -0.1) is 11.8 Å². The molecule has 4 rings (SSSR count). The average Bonchev–Trinajstić information content (AvgIpc) is 3.32. The number of anilines is 1. The fourth-order valence-electron chi connectivity index (χ4n) is 4.05. The van der Waals surface area contributed by atoms with Gasteiger partial charge in [0, 0.05) is 6.07 Å². The molecule has 2 atom stereocenters. The van der Waals surface area contributed by atoms with Crippen LogP contribution in [0.3, 0.4) is 0 Å². The van der Waals surface area contributed by atoms with Gasteiger partial charge in [0.15, 0.2) is 0 Å². The molecule has 0 saturated carbocycles. The van der Waals surface area contributed by atoms with E-state index in [9.17, 15) is 14.4 Å². The number of ether oxygens (including phenoxy) is 2. The number of methoxy groups -OCH3 is 2. The van der Waals surface area contributed by atoms with Gasteiger partial charge in [0.2, 0.25) is 11.8 Å². The molecule has 4 amide bonds. The van der Waals surface area contributed by atoms with Gasteiger partial charge in [-0.05, 0) is 48.1 Å². The number of nitrogens with zero attached hydrogens (tertiary/aromatic N) is 2. The highest BCUT2D eigenvalue weighted by Gasteiger charge is 2.47. The summed E-state index contributed by atoms with van der Waals surface area (Å²) < 4.78 is 10.6. The van der Waals surface area contributed by atoms with Crippen molar-refractivity contribution in [1.29, 1.82) is 0 Å². The molecule has 1 fully saturated rings. The largest absolute Gasteiger partial charge is 0.497 e. The van der Waals surface area contributed by atoms with Gasteiger partial charge in [0.05, 0.1) is 32.5 Å². The van der Waals surface area contributed by atoms with E-state index in [1.54, 1.807) is 24.3 Å². The molecule has 2 heterocycles. The van der Waals surface area contributed by atoms with Crippen molar-refractivity contribution < 1.29 is 23.9 Å². The van der Waals surface area contributed by atoms with Crippen molar-refractivity contribution in [3.8, 4) is 11.5 Å². The van der Waals surface area contributed by atoms with Crippen LogP contribution in [0.2, 0.25) is 0 Å². The van der Waals surface area contributed by atoms with Gasteiger partial charge < -0.3 is 19.7 Å². The fourth-order valence-corrected chi connectivity index (χ4v) is 5.12. The smallest absolute Gasteiger partial charge is 0.328 e. The molecule has 2 aromatic carbocycles. The number of fused-ring (bicyclic) bond motifs is 1. The maximum atomic E-state index is 13.4. The molecule has 0 bridgehead atoms. The van der Waals surface area contributed by atoms with Crippen LogP contribution in [-0.4, -0.2) is 59.7 Å². The summed E-state index contributed by atoms with van der Waals surface area (Å²) in [6.45, 7) is 3.96. The van der Waals surface area contributed by atoms with Gasteiger partial charge in [-0.1, -0.05) is 24.3 Å². The van der Waals surface area contributed by atoms with Crippen LogP contribution in [0.5, 0.6) is 11.5 Å². The molecule has 9 heteroatoms. The van der Waals surface area contributed by atoms with Crippen molar-refractivity contribution in [2.75, 3.05) is 26.1 Å². The first-order chi connectivity index (χ1) is 16.3. The highest BCUT2D eigenvalue weighted by atomic mass is 32.2. The number of imide groups is 1. The number of amides is 4.